The predicted octanol–water partition coefficient (Wildman–Crippen LogP) is 3.83. The van der Waals surface area contributed by atoms with Gasteiger partial charge in [-0.25, -0.2) is 8.78 Å². The summed E-state index contributed by atoms with van der Waals surface area (Å²) in [6.45, 7) is 0. The van der Waals surface area contributed by atoms with Gasteiger partial charge in [0.05, 0.1) is 6.04 Å². The summed E-state index contributed by atoms with van der Waals surface area (Å²) in [6.07, 6.45) is 8.04. The van der Waals surface area contributed by atoms with Crippen molar-refractivity contribution in [2.24, 2.45) is 11.8 Å². The third-order valence-corrected chi connectivity index (χ3v) is 4.09. The van der Waals surface area contributed by atoms with Gasteiger partial charge in [-0.3, -0.25) is 11.3 Å². The summed E-state index contributed by atoms with van der Waals surface area (Å²) in [5.74, 6) is 5.09. The number of rotatable bonds is 3. The van der Waals surface area contributed by atoms with Crippen molar-refractivity contribution in [3.05, 3.63) is 35.4 Å². The van der Waals surface area contributed by atoms with Gasteiger partial charge in [-0.05, 0) is 37.0 Å². The Kier molecular flexibility index (Phi) is 5.28. The van der Waals surface area contributed by atoms with E-state index in [-0.39, 0.29) is 17.8 Å². The molecule has 0 saturated heterocycles. The second-order valence-corrected chi connectivity index (χ2v) is 5.42. The molecule has 1 atom stereocenters. The lowest BCUT2D eigenvalue weighted by atomic mass is 9.83. The van der Waals surface area contributed by atoms with Crippen molar-refractivity contribution in [2.45, 2.75) is 51.0 Å². The number of hydrogen-bond acceptors (Lipinski definition) is 2. The Labute approximate surface area is 113 Å². The molecular weight excluding hydrogens is 246 g/mol. The average Bonchev–Trinajstić information content (AvgIpc) is 2.36. The van der Waals surface area contributed by atoms with Gasteiger partial charge < -0.3 is 0 Å². The first-order chi connectivity index (χ1) is 9.22. The number of halogens is 2. The van der Waals surface area contributed by atoms with Crippen molar-refractivity contribution < 1.29 is 8.78 Å². The highest BCUT2D eigenvalue weighted by molar-refractivity contribution is 5.23. The molecule has 0 aliphatic heterocycles. The fraction of sp³-hybridized carbons (Fsp3) is 0.600. The van der Waals surface area contributed by atoms with E-state index < -0.39 is 5.82 Å². The summed E-state index contributed by atoms with van der Waals surface area (Å²) in [5, 5.41) is 0. The van der Waals surface area contributed by atoms with Crippen LogP contribution in [0, 0.1) is 17.6 Å². The molecule has 0 heterocycles. The fourth-order valence-corrected chi connectivity index (χ4v) is 3.05. The van der Waals surface area contributed by atoms with Crippen molar-refractivity contribution in [2.75, 3.05) is 0 Å². The fourth-order valence-electron chi connectivity index (χ4n) is 3.05. The van der Waals surface area contributed by atoms with E-state index >= 15 is 0 Å². The van der Waals surface area contributed by atoms with Gasteiger partial charge in [0.1, 0.15) is 11.6 Å². The minimum Gasteiger partial charge on any atom is -0.271 e. The first kappa shape index (κ1) is 14.4. The Morgan fingerprint density at radius 3 is 2.32 bits per heavy atom. The van der Waals surface area contributed by atoms with Gasteiger partial charge in [0.25, 0.3) is 0 Å². The summed E-state index contributed by atoms with van der Waals surface area (Å²) < 4.78 is 27.2. The second kappa shape index (κ2) is 6.96. The lowest BCUT2D eigenvalue weighted by molar-refractivity contribution is 0.284. The maximum atomic E-state index is 13.9. The molecule has 1 aromatic rings. The lowest BCUT2D eigenvalue weighted by Gasteiger charge is -2.28. The number of hydrogen-bond donors (Lipinski definition) is 2. The summed E-state index contributed by atoms with van der Waals surface area (Å²) >= 11 is 0. The highest BCUT2D eigenvalue weighted by atomic mass is 19.1. The molecule has 2 nitrogen and oxygen atoms in total. The van der Waals surface area contributed by atoms with Gasteiger partial charge in [-0.1, -0.05) is 32.1 Å². The molecule has 1 aliphatic carbocycles. The van der Waals surface area contributed by atoms with Crippen molar-refractivity contribution >= 4 is 0 Å². The maximum Gasteiger partial charge on any atom is 0.128 e. The molecule has 1 aliphatic rings. The Morgan fingerprint density at radius 1 is 1.05 bits per heavy atom. The van der Waals surface area contributed by atoms with Crippen LogP contribution in [0.25, 0.3) is 0 Å². The van der Waals surface area contributed by atoms with E-state index in [4.69, 9.17) is 5.84 Å². The van der Waals surface area contributed by atoms with Crippen LogP contribution in [0.2, 0.25) is 0 Å². The molecule has 106 valence electrons. The van der Waals surface area contributed by atoms with Crippen molar-refractivity contribution in [1.82, 2.24) is 5.43 Å². The highest BCUT2D eigenvalue weighted by Crippen LogP contribution is 2.33. The van der Waals surface area contributed by atoms with Gasteiger partial charge >= 0.3 is 0 Å². The van der Waals surface area contributed by atoms with Crippen LogP contribution in [0.15, 0.2) is 18.2 Å². The molecule has 0 amide bonds. The molecule has 19 heavy (non-hydrogen) atoms. The van der Waals surface area contributed by atoms with E-state index in [0.717, 1.165) is 31.7 Å². The molecule has 4 heteroatoms. The van der Waals surface area contributed by atoms with Gasteiger partial charge in [0.15, 0.2) is 0 Å². The van der Waals surface area contributed by atoms with E-state index in [0.29, 0.717) is 5.56 Å². The van der Waals surface area contributed by atoms with E-state index in [1.54, 1.807) is 0 Å². The largest absolute Gasteiger partial charge is 0.271 e. The van der Waals surface area contributed by atoms with Gasteiger partial charge in [-0.15, -0.1) is 0 Å². The first-order valence-corrected chi connectivity index (χ1v) is 7.13. The van der Waals surface area contributed by atoms with Gasteiger partial charge in [-0.2, -0.15) is 0 Å². The van der Waals surface area contributed by atoms with Crippen LogP contribution < -0.4 is 11.3 Å². The lowest BCUT2D eigenvalue weighted by Crippen LogP contribution is -2.34. The molecular formula is C15H22F2N2. The Bertz CT molecular complexity index is 401. The van der Waals surface area contributed by atoms with Crippen LogP contribution in [0.3, 0.4) is 0 Å². The van der Waals surface area contributed by atoms with Crippen LogP contribution in [0.5, 0.6) is 0 Å². The van der Waals surface area contributed by atoms with Gasteiger partial charge in [0.2, 0.25) is 0 Å². The standard InChI is InChI=1S/C15H22F2N2/c16-12-8-9-14(17)13(10-12)15(19-18)11-6-4-2-1-3-5-7-11/h8-11,15,19H,1-7,18H2. The molecule has 1 saturated carbocycles. The zero-order valence-corrected chi connectivity index (χ0v) is 11.2. The van der Waals surface area contributed by atoms with E-state index in [2.05, 4.69) is 5.43 Å². The molecule has 0 bridgehead atoms. The number of nitrogens with one attached hydrogen (secondary N) is 1. The van der Waals surface area contributed by atoms with Crippen LogP contribution in [0.1, 0.15) is 56.6 Å². The van der Waals surface area contributed by atoms with Crippen molar-refractivity contribution in [1.29, 1.82) is 0 Å². The van der Waals surface area contributed by atoms with Crippen LogP contribution in [0.4, 0.5) is 8.78 Å². The maximum absolute atomic E-state index is 13.9. The second-order valence-electron chi connectivity index (χ2n) is 5.42. The minimum atomic E-state index is -0.414. The van der Waals surface area contributed by atoms with Crippen molar-refractivity contribution in [3.8, 4) is 0 Å². The Morgan fingerprint density at radius 2 is 1.68 bits per heavy atom. The summed E-state index contributed by atoms with van der Waals surface area (Å²) in [4.78, 5) is 0. The zero-order valence-electron chi connectivity index (χ0n) is 11.2. The van der Waals surface area contributed by atoms with E-state index in [1.807, 2.05) is 0 Å². The molecule has 1 aromatic carbocycles. The highest BCUT2D eigenvalue weighted by Gasteiger charge is 2.25. The quantitative estimate of drug-likeness (QED) is 0.646. The summed E-state index contributed by atoms with van der Waals surface area (Å²) in [7, 11) is 0. The number of nitrogens with two attached hydrogens (primary N) is 1. The predicted molar refractivity (Wildman–Crippen MR) is 72.2 cm³/mol. The van der Waals surface area contributed by atoms with Gasteiger partial charge in [0, 0.05) is 5.56 Å². The van der Waals surface area contributed by atoms with Crippen LogP contribution >= 0.6 is 0 Å². The molecule has 3 N–H and O–H groups in total. The molecule has 1 unspecified atom stereocenters. The van der Waals surface area contributed by atoms with Crippen LogP contribution in [-0.4, -0.2) is 0 Å². The topological polar surface area (TPSA) is 38.0 Å². The normalized spacial score (nSPS) is 19.7. The average molecular weight is 268 g/mol. The number of benzene rings is 1. The minimum absolute atomic E-state index is 0.279. The Balaban J connectivity index is 2.19. The van der Waals surface area contributed by atoms with Crippen molar-refractivity contribution in [3.63, 3.8) is 0 Å². The summed E-state index contributed by atoms with van der Waals surface area (Å²) in [5.41, 5.74) is 3.05. The van der Waals surface area contributed by atoms with E-state index in [9.17, 15) is 8.78 Å². The third-order valence-electron chi connectivity index (χ3n) is 4.09. The SMILES string of the molecule is NNC(c1cc(F)ccc1F)C1CCCCCCC1. The summed E-state index contributed by atoms with van der Waals surface area (Å²) in [6, 6.07) is 3.29. The van der Waals surface area contributed by atoms with Crippen LogP contribution in [-0.2, 0) is 0 Å². The smallest absolute Gasteiger partial charge is 0.128 e. The monoisotopic (exact) mass is 268 g/mol. The molecule has 0 radical (unpaired) electrons. The molecule has 2 rings (SSSR count). The Hall–Kier alpha value is -1.00. The number of hydrazine groups is 1. The molecule has 1 fully saturated rings. The molecule has 0 aromatic heterocycles. The zero-order chi connectivity index (χ0) is 13.7. The third kappa shape index (κ3) is 3.74. The van der Waals surface area contributed by atoms with E-state index in [1.165, 1.54) is 31.4 Å². The molecule has 0 spiro atoms. The first-order valence-electron chi connectivity index (χ1n) is 7.13.